The summed E-state index contributed by atoms with van der Waals surface area (Å²) in [4.78, 5) is 3.93. The van der Waals surface area contributed by atoms with Crippen molar-refractivity contribution in [2.75, 3.05) is 23.4 Å². The molecule has 0 unspecified atom stereocenters. The Hall–Kier alpha value is -1.19. The largest absolute Gasteiger partial charge is 0.383 e. The summed E-state index contributed by atoms with van der Waals surface area (Å²) in [5, 5.41) is 2.90. The van der Waals surface area contributed by atoms with Crippen LogP contribution in [0.1, 0.15) is 19.8 Å². The van der Waals surface area contributed by atoms with E-state index in [1.54, 1.807) is 12.1 Å². The lowest BCUT2D eigenvalue weighted by atomic mass is 10.2. The Morgan fingerprint density at radius 3 is 2.62 bits per heavy atom. The van der Waals surface area contributed by atoms with Gasteiger partial charge in [0.1, 0.15) is 9.84 Å². The van der Waals surface area contributed by atoms with Gasteiger partial charge < -0.3 is 5.32 Å². The predicted molar refractivity (Wildman–Crippen MR) is 80.4 cm³/mol. The monoisotopic (exact) mass is 333 g/mol. The maximum Gasteiger partial charge on any atom is 0.260 e. The molecule has 21 heavy (non-hydrogen) atoms. The smallest absolute Gasteiger partial charge is 0.260 e. The van der Waals surface area contributed by atoms with Crippen molar-refractivity contribution in [3.05, 3.63) is 18.3 Å². The van der Waals surface area contributed by atoms with Crippen molar-refractivity contribution in [1.82, 2.24) is 9.71 Å². The van der Waals surface area contributed by atoms with Gasteiger partial charge in [-0.2, -0.15) is 0 Å². The first kappa shape index (κ1) is 16.2. The van der Waals surface area contributed by atoms with Gasteiger partial charge in [0.05, 0.1) is 17.2 Å². The molecule has 0 aliphatic carbocycles. The van der Waals surface area contributed by atoms with Crippen molar-refractivity contribution in [3.63, 3.8) is 0 Å². The van der Waals surface area contributed by atoms with E-state index in [-0.39, 0.29) is 22.6 Å². The number of hydrogen-bond donors (Lipinski definition) is 2. The standard InChI is InChI=1S/C12H19N3O4S2/c1-2-13-11-4-3-7-14-12(11)21(18,19)15-10-5-8-20(16,17)9-6-10/h3-4,7,10,13,15H,2,5-6,8-9H2,1H3. The third kappa shape index (κ3) is 4.14. The van der Waals surface area contributed by atoms with Crippen molar-refractivity contribution >= 4 is 25.5 Å². The maximum atomic E-state index is 12.4. The molecule has 0 spiro atoms. The van der Waals surface area contributed by atoms with Crippen LogP contribution in [0.2, 0.25) is 0 Å². The van der Waals surface area contributed by atoms with Gasteiger partial charge in [-0.3, -0.25) is 0 Å². The molecule has 1 aromatic rings. The minimum Gasteiger partial charge on any atom is -0.383 e. The summed E-state index contributed by atoms with van der Waals surface area (Å²) in [5.74, 6) is 0.0327. The van der Waals surface area contributed by atoms with Crippen LogP contribution in [0.25, 0.3) is 0 Å². The fourth-order valence-electron chi connectivity index (χ4n) is 2.21. The van der Waals surface area contributed by atoms with Crippen LogP contribution in [0.15, 0.2) is 23.4 Å². The van der Waals surface area contributed by atoms with Crippen molar-refractivity contribution in [1.29, 1.82) is 0 Å². The van der Waals surface area contributed by atoms with E-state index in [2.05, 4.69) is 15.0 Å². The van der Waals surface area contributed by atoms with Crippen molar-refractivity contribution in [2.45, 2.75) is 30.8 Å². The van der Waals surface area contributed by atoms with Gasteiger partial charge in [0.15, 0.2) is 5.03 Å². The quantitative estimate of drug-likeness (QED) is 0.806. The minimum absolute atomic E-state index is 0.0163. The highest BCUT2D eigenvalue weighted by molar-refractivity contribution is 7.91. The van der Waals surface area contributed by atoms with Crippen LogP contribution in [0.5, 0.6) is 0 Å². The van der Waals surface area contributed by atoms with E-state index >= 15 is 0 Å². The molecule has 0 saturated carbocycles. The van der Waals surface area contributed by atoms with E-state index in [4.69, 9.17) is 0 Å². The number of sulfonamides is 1. The summed E-state index contributed by atoms with van der Waals surface area (Å²) in [6.45, 7) is 2.44. The third-order valence-electron chi connectivity index (χ3n) is 3.27. The van der Waals surface area contributed by atoms with Crippen molar-refractivity contribution in [3.8, 4) is 0 Å². The number of sulfone groups is 1. The van der Waals surface area contributed by atoms with Crippen molar-refractivity contribution in [2.24, 2.45) is 0 Å². The Morgan fingerprint density at radius 2 is 2.00 bits per heavy atom. The summed E-state index contributed by atoms with van der Waals surface area (Å²) >= 11 is 0. The molecular formula is C12H19N3O4S2. The lowest BCUT2D eigenvalue weighted by Gasteiger charge is -2.23. The van der Waals surface area contributed by atoms with Crippen molar-refractivity contribution < 1.29 is 16.8 Å². The zero-order valence-electron chi connectivity index (χ0n) is 11.7. The number of pyridine rings is 1. The number of aromatic nitrogens is 1. The van der Waals surface area contributed by atoms with Crippen LogP contribution in [0.3, 0.4) is 0 Å². The second-order valence-corrected chi connectivity index (χ2v) is 8.87. The molecule has 0 amide bonds. The van der Waals surface area contributed by atoms with Gasteiger partial charge in [-0.25, -0.2) is 26.5 Å². The molecule has 0 atom stereocenters. The van der Waals surface area contributed by atoms with E-state index in [1.807, 2.05) is 6.92 Å². The molecule has 2 heterocycles. The van der Waals surface area contributed by atoms with E-state index in [9.17, 15) is 16.8 Å². The SMILES string of the molecule is CCNc1cccnc1S(=O)(=O)NC1CCS(=O)(=O)CC1. The molecule has 2 rings (SSSR count). The molecule has 1 aliphatic heterocycles. The average Bonchev–Trinajstić information content (AvgIpc) is 2.42. The summed E-state index contributed by atoms with van der Waals surface area (Å²) in [6, 6.07) is 2.94. The molecule has 7 nitrogen and oxygen atoms in total. The summed E-state index contributed by atoms with van der Waals surface area (Å²) in [5.41, 5.74) is 0.441. The molecule has 1 aromatic heterocycles. The molecule has 2 N–H and O–H groups in total. The average molecular weight is 333 g/mol. The molecule has 1 fully saturated rings. The van der Waals surface area contributed by atoms with E-state index in [0.29, 0.717) is 25.1 Å². The number of nitrogens with one attached hydrogen (secondary N) is 2. The molecule has 0 radical (unpaired) electrons. The number of nitrogens with zero attached hydrogens (tertiary/aromatic N) is 1. The van der Waals surface area contributed by atoms with Crippen LogP contribution >= 0.6 is 0 Å². The second kappa shape index (κ2) is 6.29. The van der Waals surface area contributed by atoms with Gasteiger partial charge in [0.2, 0.25) is 0 Å². The Kier molecular flexibility index (Phi) is 4.84. The molecule has 0 bridgehead atoms. The normalized spacial score (nSPS) is 19.3. The van der Waals surface area contributed by atoms with E-state index < -0.39 is 19.9 Å². The molecular weight excluding hydrogens is 314 g/mol. The van der Waals surface area contributed by atoms with E-state index in [0.717, 1.165) is 0 Å². The van der Waals surface area contributed by atoms with Crippen LogP contribution in [0, 0.1) is 0 Å². The highest BCUT2D eigenvalue weighted by Gasteiger charge is 2.29. The Bertz CT molecular complexity index is 687. The van der Waals surface area contributed by atoms with Gasteiger partial charge in [0.25, 0.3) is 10.0 Å². The molecule has 0 aromatic carbocycles. The number of hydrogen-bond acceptors (Lipinski definition) is 6. The molecule has 118 valence electrons. The van der Waals surface area contributed by atoms with E-state index in [1.165, 1.54) is 6.20 Å². The first-order valence-electron chi connectivity index (χ1n) is 6.76. The van der Waals surface area contributed by atoms with Gasteiger partial charge in [-0.15, -0.1) is 0 Å². The third-order valence-corrected chi connectivity index (χ3v) is 6.46. The Morgan fingerprint density at radius 1 is 1.33 bits per heavy atom. The van der Waals surface area contributed by atoms with Gasteiger partial charge in [-0.05, 0) is 31.9 Å². The summed E-state index contributed by atoms with van der Waals surface area (Å²) in [7, 11) is -6.78. The fraction of sp³-hybridized carbons (Fsp3) is 0.583. The topological polar surface area (TPSA) is 105 Å². The van der Waals surface area contributed by atoms with Crippen LogP contribution in [-0.4, -0.2) is 45.9 Å². The highest BCUT2D eigenvalue weighted by Crippen LogP contribution is 2.20. The van der Waals surface area contributed by atoms with Gasteiger partial charge >= 0.3 is 0 Å². The maximum absolute atomic E-state index is 12.4. The lowest BCUT2D eigenvalue weighted by molar-refractivity contribution is 0.504. The molecule has 9 heteroatoms. The van der Waals surface area contributed by atoms with Gasteiger partial charge in [-0.1, -0.05) is 0 Å². The lowest BCUT2D eigenvalue weighted by Crippen LogP contribution is -2.41. The van der Waals surface area contributed by atoms with Crippen LogP contribution < -0.4 is 10.0 Å². The predicted octanol–water partition coefficient (Wildman–Crippen LogP) is 0.369. The number of rotatable bonds is 5. The zero-order valence-corrected chi connectivity index (χ0v) is 13.4. The summed E-state index contributed by atoms with van der Waals surface area (Å²) < 4.78 is 50.1. The fourth-order valence-corrected chi connectivity index (χ4v) is 5.12. The Labute approximate surface area is 125 Å². The summed E-state index contributed by atoms with van der Waals surface area (Å²) in [6.07, 6.45) is 2.01. The van der Waals surface area contributed by atoms with Gasteiger partial charge in [0, 0.05) is 18.8 Å². The Balaban J connectivity index is 2.16. The first-order valence-corrected chi connectivity index (χ1v) is 10.1. The highest BCUT2D eigenvalue weighted by atomic mass is 32.2. The van der Waals surface area contributed by atoms with Crippen LogP contribution in [-0.2, 0) is 19.9 Å². The zero-order chi connectivity index (χ0) is 15.5. The molecule has 1 aliphatic rings. The molecule has 1 saturated heterocycles. The minimum atomic E-state index is -3.77. The number of anilines is 1. The second-order valence-electron chi connectivity index (χ2n) is 4.93. The first-order chi connectivity index (χ1) is 9.84. The van der Waals surface area contributed by atoms with Crippen LogP contribution in [0.4, 0.5) is 5.69 Å².